The van der Waals surface area contributed by atoms with Gasteiger partial charge in [0.05, 0.1) is 5.69 Å². The standard InChI is InChI=1S/C8H8N4O3S2/c1-5-3-2-4-6(7(5)17(13,14)15)12-8(16)9-10-11-12/h2-4H,1H3,(H,9,11,16)(H,13,14,15). The van der Waals surface area contributed by atoms with Crippen molar-refractivity contribution in [1.29, 1.82) is 0 Å². The van der Waals surface area contributed by atoms with Crippen LogP contribution in [0.5, 0.6) is 0 Å². The Morgan fingerprint density at radius 2 is 2.18 bits per heavy atom. The molecule has 0 aliphatic rings. The largest absolute Gasteiger partial charge is 0.296 e. The number of H-pyrrole nitrogens is 1. The Hall–Kier alpha value is -1.58. The fourth-order valence-corrected chi connectivity index (χ4v) is 2.58. The number of nitrogens with one attached hydrogen (secondary N) is 1. The van der Waals surface area contributed by atoms with Gasteiger partial charge in [-0.05, 0) is 30.8 Å². The van der Waals surface area contributed by atoms with E-state index in [-0.39, 0.29) is 15.4 Å². The summed E-state index contributed by atoms with van der Waals surface area (Å²) in [6.45, 7) is 1.57. The monoisotopic (exact) mass is 272 g/mol. The molecule has 2 N–H and O–H groups in total. The van der Waals surface area contributed by atoms with E-state index in [0.29, 0.717) is 5.56 Å². The van der Waals surface area contributed by atoms with Gasteiger partial charge < -0.3 is 0 Å². The number of hydrogen-bond donors (Lipinski definition) is 2. The highest BCUT2D eigenvalue weighted by Crippen LogP contribution is 2.22. The fourth-order valence-electron chi connectivity index (χ4n) is 1.50. The van der Waals surface area contributed by atoms with Crippen LogP contribution >= 0.6 is 12.2 Å². The van der Waals surface area contributed by atoms with Gasteiger partial charge in [0.15, 0.2) is 0 Å². The normalized spacial score (nSPS) is 11.6. The third-order valence-electron chi connectivity index (χ3n) is 2.16. The molecule has 0 unspecified atom stereocenters. The number of rotatable bonds is 2. The highest BCUT2D eigenvalue weighted by Gasteiger charge is 2.20. The van der Waals surface area contributed by atoms with Gasteiger partial charge in [0.2, 0.25) is 4.77 Å². The van der Waals surface area contributed by atoms with E-state index in [0.717, 1.165) is 0 Å². The summed E-state index contributed by atoms with van der Waals surface area (Å²) in [7, 11) is -4.35. The van der Waals surface area contributed by atoms with Gasteiger partial charge in [0.25, 0.3) is 10.1 Å². The highest BCUT2D eigenvalue weighted by molar-refractivity contribution is 7.86. The van der Waals surface area contributed by atoms with Crippen molar-refractivity contribution in [1.82, 2.24) is 20.2 Å². The first-order valence-corrected chi connectivity index (χ1v) is 6.33. The molecule has 0 saturated heterocycles. The van der Waals surface area contributed by atoms with E-state index in [1.54, 1.807) is 19.1 Å². The molecule has 1 aromatic heterocycles. The Kier molecular flexibility index (Phi) is 2.81. The summed E-state index contributed by atoms with van der Waals surface area (Å²) in [6, 6.07) is 4.70. The molecule has 0 saturated carbocycles. The molecule has 1 heterocycles. The van der Waals surface area contributed by atoms with Gasteiger partial charge in [-0.15, -0.1) is 0 Å². The Balaban J connectivity index is 2.85. The molecule has 0 spiro atoms. The quantitative estimate of drug-likeness (QED) is 0.621. The summed E-state index contributed by atoms with van der Waals surface area (Å²) in [5.41, 5.74) is 0.587. The van der Waals surface area contributed by atoms with Crippen LogP contribution in [0, 0.1) is 11.7 Å². The van der Waals surface area contributed by atoms with Gasteiger partial charge in [-0.3, -0.25) is 4.55 Å². The van der Waals surface area contributed by atoms with E-state index in [4.69, 9.17) is 12.2 Å². The van der Waals surface area contributed by atoms with Crippen LogP contribution < -0.4 is 0 Å². The van der Waals surface area contributed by atoms with Crippen molar-refractivity contribution in [3.63, 3.8) is 0 Å². The van der Waals surface area contributed by atoms with Crippen LogP contribution in [0.25, 0.3) is 5.69 Å². The van der Waals surface area contributed by atoms with E-state index in [9.17, 15) is 13.0 Å². The van der Waals surface area contributed by atoms with Crippen molar-refractivity contribution in [2.24, 2.45) is 0 Å². The smallest absolute Gasteiger partial charge is 0.282 e. The van der Waals surface area contributed by atoms with E-state index in [1.807, 2.05) is 0 Å². The third kappa shape index (κ3) is 2.12. The second-order valence-electron chi connectivity index (χ2n) is 3.32. The lowest BCUT2D eigenvalue weighted by Crippen LogP contribution is -2.09. The SMILES string of the molecule is Cc1cccc(-n2[nH]nnc2=S)c1S(=O)(=O)O. The molecule has 1 aromatic carbocycles. The predicted octanol–water partition coefficient (Wildman–Crippen LogP) is 0.880. The Labute approximate surface area is 102 Å². The average molecular weight is 272 g/mol. The zero-order valence-electron chi connectivity index (χ0n) is 8.65. The van der Waals surface area contributed by atoms with Crippen molar-refractivity contribution in [2.45, 2.75) is 11.8 Å². The van der Waals surface area contributed by atoms with Gasteiger partial charge in [-0.25, -0.2) is 4.68 Å². The van der Waals surface area contributed by atoms with Crippen LogP contribution in [0.1, 0.15) is 5.56 Å². The Morgan fingerprint density at radius 1 is 1.47 bits per heavy atom. The van der Waals surface area contributed by atoms with Gasteiger partial charge in [-0.1, -0.05) is 22.4 Å². The molecule has 90 valence electrons. The minimum atomic E-state index is -4.35. The van der Waals surface area contributed by atoms with Crippen LogP contribution in [0.15, 0.2) is 23.1 Å². The van der Waals surface area contributed by atoms with E-state index >= 15 is 0 Å². The summed E-state index contributed by atoms with van der Waals surface area (Å²) in [5, 5.41) is 9.44. The van der Waals surface area contributed by atoms with Crippen molar-refractivity contribution in [3.8, 4) is 5.69 Å². The number of aryl methyl sites for hydroxylation is 1. The van der Waals surface area contributed by atoms with Gasteiger partial charge >= 0.3 is 0 Å². The number of aromatic nitrogens is 4. The average Bonchev–Trinajstić information content (AvgIpc) is 2.62. The molecule has 0 fully saturated rings. The first-order chi connectivity index (χ1) is 7.91. The predicted molar refractivity (Wildman–Crippen MR) is 61.1 cm³/mol. The molecule has 0 bridgehead atoms. The lowest BCUT2D eigenvalue weighted by molar-refractivity contribution is 0.481. The van der Waals surface area contributed by atoms with Crippen LogP contribution in [0.3, 0.4) is 0 Å². The maximum Gasteiger partial charge on any atom is 0.296 e. The fraction of sp³-hybridized carbons (Fsp3) is 0.125. The van der Waals surface area contributed by atoms with Gasteiger partial charge in [-0.2, -0.15) is 13.6 Å². The van der Waals surface area contributed by atoms with Crippen molar-refractivity contribution in [3.05, 3.63) is 28.5 Å². The number of benzene rings is 1. The molecule has 0 aliphatic heterocycles. The van der Waals surface area contributed by atoms with Crippen LogP contribution in [0.4, 0.5) is 0 Å². The molecule has 0 aliphatic carbocycles. The Bertz CT molecular complexity index is 716. The number of aromatic amines is 1. The molecule has 9 heteroatoms. The lowest BCUT2D eigenvalue weighted by atomic mass is 10.2. The van der Waals surface area contributed by atoms with Crippen molar-refractivity contribution >= 4 is 22.3 Å². The van der Waals surface area contributed by atoms with Crippen molar-refractivity contribution < 1.29 is 13.0 Å². The zero-order valence-corrected chi connectivity index (χ0v) is 10.3. The zero-order chi connectivity index (χ0) is 12.6. The molecule has 7 nitrogen and oxygen atoms in total. The van der Waals surface area contributed by atoms with Crippen molar-refractivity contribution in [2.75, 3.05) is 0 Å². The number of tetrazole rings is 1. The van der Waals surface area contributed by atoms with Crippen LogP contribution in [-0.2, 0) is 10.1 Å². The summed E-state index contributed by atoms with van der Waals surface area (Å²) >= 11 is 4.87. The van der Waals surface area contributed by atoms with Gasteiger partial charge in [0.1, 0.15) is 4.90 Å². The topological polar surface area (TPSA) is 101 Å². The molecule has 0 atom stereocenters. The summed E-state index contributed by atoms with van der Waals surface area (Å²) in [5.74, 6) is 0. The van der Waals surface area contributed by atoms with Gasteiger partial charge in [0, 0.05) is 0 Å². The summed E-state index contributed by atoms with van der Waals surface area (Å²) in [6.07, 6.45) is 0. The van der Waals surface area contributed by atoms with E-state index < -0.39 is 10.1 Å². The maximum atomic E-state index is 11.3. The van der Waals surface area contributed by atoms with Crippen LogP contribution in [-0.4, -0.2) is 33.2 Å². The Morgan fingerprint density at radius 3 is 2.71 bits per heavy atom. The molecule has 17 heavy (non-hydrogen) atoms. The number of hydrogen-bond acceptors (Lipinski definition) is 5. The molecular formula is C8H8N4O3S2. The van der Waals surface area contributed by atoms with Crippen LogP contribution in [0.2, 0.25) is 0 Å². The lowest BCUT2D eigenvalue weighted by Gasteiger charge is -2.09. The minimum Gasteiger partial charge on any atom is -0.282 e. The molecule has 0 radical (unpaired) electrons. The first kappa shape index (κ1) is 11.9. The third-order valence-corrected chi connectivity index (χ3v) is 3.47. The second kappa shape index (κ2) is 4.02. The molecule has 0 amide bonds. The minimum absolute atomic E-state index is 0.0699. The molecule has 2 aromatic rings. The van der Waals surface area contributed by atoms with E-state index in [1.165, 1.54) is 10.7 Å². The second-order valence-corrected chi connectivity index (χ2v) is 5.04. The first-order valence-electron chi connectivity index (χ1n) is 4.49. The summed E-state index contributed by atoms with van der Waals surface area (Å²) < 4.78 is 33.1. The highest BCUT2D eigenvalue weighted by atomic mass is 32.2. The van der Waals surface area contributed by atoms with E-state index in [2.05, 4.69) is 15.5 Å². The maximum absolute atomic E-state index is 11.3. The number of nitrogens with zero attached hydrogens (tertiary/aromatic N) is 3. The molecular weight excluding hydrogens is 264 g/mol. The summed E-state index contributed by atoms with van der Waals surface area (Å²) in [4.78, 5) is -0.220. The molecule has 2 rings (SSSR count).